The minimum absolute atomic E-state index is 0.0195. The fourth-order valence-electron chi connectivity index (χ4n) is 4.28. The third-order valence-corrected chi connectivity index (χ3v) is 6.91. The van der Waals surface area contributed by atoms with Gasteiger partial charge in [0, 0.05) is 17.9 Å². The first-order chi connectivity index (χ1) is 18.1. The molecule has 1 aliphatic rings. The quantitative estimate of drug-likeness (QED) is 0.331. The van der Waals surface area contributed by atoms with Gasteiger partial charge in [-0.3, -0.25) is 14.2 Å². The lowest BCUT2D eigenvalue weighted by molar-refractivity contribution is -0.116. The van der Waals surface area contributed by atoms with E-state index in [4.69, 9.17) is 9.15 Å². The summed E-state index contributed by atoms with van der Waals surface area (Å²) in [5.41, 5.74) is 2.97. The summed E-state index contributed by atoms with van der Waals surface area (Å²) < 4.78 is 12.6. The Labute approximate surface area is 218 Å². The van der Waals surface area contributed by atoms with Crippen LogP contribution in [-0.2, 0) is 17.8 Å². The highest BCUT2D eigenvalue weighted by molar-refractivity contribution is 7.99. The molecule has 10 heteroatoms. The second-order valence-electron chi connectivity index (χ2n) is 8.39. The van der Waals surface area contributed by atoms with E-state index < -0.39 is 0 Å². The number of amides is 2. The summed E-state index contributed by atoms with van der Waals surface area (Å²) in [4.78, 5) is 27.5. The third-order valence-electron chi connectivity index (χ3n) is 5.99. The van der Waals surface area contributed by atoms with Crippen molar-refractivity contribution in [3.05, 3.63) is 84.1 Å². The number of anilines is 1. The number of hydrogen-bond acceptors (Lipinski definition) is 7. The van der Waals surface area contributed by atoms with Gasteiger partial charge in [0.05, 0.1) is 25.2 Å². The summed E-state index contributed by atoms with van der Waals surface area (Å²) in [5, 5.41) is 12.1. The SMILES string of the molecule is CCOc1ccc(-n2c(CNC(=O)c3ccco3)nnc2SCC(=O)N2CCCc3ccccc32)cc1. The van der Waals surface area contributed by atoms with E-state index in [0.717, 1.165) is 30.0 Å². The molecular formula is C27H27N5O4S. The zero-order valence-electron chi connectivity index (χ0n) is 20.4. The number of benzene rings is 2. The van der Waals surface area contributed by atoms with Crippen LogP contribution in [0.3, 0.4) is 0 Å². The molecule has 2 aromatic carbocycles. The molecule has 0 saturated heterocycles. The van der Waals surface area contributed by atoms with E-state index in [1.54, 1.807) is 12.1 Å². The molecule has 0 unspecified atom stereocenters. The Kier molecular flexibility index (Phi) is 7.55. The number of thioether (sulfide) groups is 1. The van der Waals surface area contributed by atoms with Crippen molar-refractivity contribution < 1.29 is 18.7 Å². The van der Waals surface area contributed by atoms with E-state index >= 15 is 0 Å². The second kappa shape index (κ2) is 11.3. The Morgan fingerprint density at radius 2 is 1.92 bits per heavy atom. The Balaban J connectivity index is 1.36. The molecule has 0 atom stereocenters. The minimum Gasteiger partial charge on any atom is -0.494 e. The summed E-state index contributed by atoms with van der Waals surface area (Å²) in [6, 6.07) is 18.8. The molecule has 1 aliphatic heterocycles. The highest BCUT2D eigenvalue weighted by Gasteiger charge is 2.24. The standard InChI is InChI=1S/C27H27N5O4S/c1-2-35-21-13-11-20(12-14-21)32-24(17-28-26(34)23-10-6-16-36-23)29-30-27(32)37-18-25(33)31-15-5-8-19-7-3-4-9-22(19)31/h3-4,6-7,9-14,16H,2,5,8,15,17-18H2,1H3,(H,28,34). The van der Waals surface area contributed by atoms with E-state index in [1.165, 1.54) is 23.6 Å². The van der Waals surface area contributed by atoms with Crippen LogP contribution in [0.5, 0.6) is 5.75 Å². The Bertz CT molecular complexity index is 1370. The summed E-state index contributed by atoms with van der Waals surface area (Å²) in [5.74, 6) is 1.38. The predicted molar refractivity (Wildman–Crippen MR) is 140 cm³/mol. The number of carbonyl (C=O) groups is 2. The van der Waals surface area contributed by atoms with Gasteiger partial charge in [0.2, 0.25) is 5.91 Å². The molecule has 190 valence electrons. The number of aryl methyl sites for hydroxylation is 1. The highest BCUT2D eigenvalue weighted by Crippen LogP contribution is 2.29. The van der Waals surface area contributed by atoms with Crippen molar-refractivity contribution in [2.45, 2.75) is 31.5 Å². The van der Waals surface area contributed by atoms with Crippen molar-refractivity contribution in [3.63, 3.8) is 0 Å². The maximum absolute atomic E-state index is 13.2. The normalized spacial score (nSPS) is 12.7. The number of nitrogens with zero attached hydrogens (tertiary/aromatic N) is 4. The summed E-state index contributed by atoms with van der Waals surface area (Å²) in [6.07, 6.45) is 3.37. The molecule has 2 amide bonds. The number of fused-ring (bicyclic) bond motifs is 1. The van der Waals surface area contributed by atoms with Crippen LogP contribution in [0.2, 0.25) is 0 Å². The van der Waals surface area contributed by atoms with Crippen LogP contribution in [0, 0.1) is 0 Å². The van der Waals surface area contributed by atoms with Crippen molar-refractivity contribution in [2.75, 3.05) is 23.8 Å². The van der Waals surface area contributed by atoms with Crippen LogP contribution in [0.15, 0.2) is 76.5 Å². The van der Waals surface area contributed by atoms with Crippen LogP contribution in [0.1, 0.15) is 35.3 Å². The fourth-order valence-corrected chi connectivity index (χ4v) is 5.12. The Hall–Kier alpha value is -4.05. The number of hydrogen-bond donors (Lipinski definition) is 1. The van der Waals surface area contributed by atoms with Crippen LogP contribution < -0.4 is 15.0 Å². The van der Waals surface area contributed by atoms with Gasteiger partial charge in [-0.05, 0) is 67.8 Å². The van der Waals surface area contributed by atoms with E-state index in [-0.39, 0.29) is 29.9 Å². The molecule has 0 radical (unpaired) electrons. The van der Waals surface area contributed by atoms with Gasteiger partial charge >= 0.3 is 0 Å². The van der Waals surface area contributed by atoms with Crippen molar-refractivity contribution >= 4 is 29.3 Å². The largest absolute Gasteiger partial charge is 0.494 e. The number of para-hydroxylation sites is 1. The van der Waals surface area contributed by atoms with Crippen molar-refractivity contribution in [3.8, 4) is 11.4 Å². The lowest BCUT2D eigenvalue weighted by atomic mass is 10.0. The zero-order valence-corrected chi connectivity index (χ0v) is 21.2. The van der Waals surface area contributed by atoms with E-state index in [2.05, 4.69) is 21.6 Å². The number of ether oxygens (including phenoxy) is 1. The van der Waals surface area contributed by atoms with Crippen molar-refractivity contribution in [1.82, 2.24) is 20.1 Å². The average molecular weight is 518 g/mol. The molecule has 0 fully saturated rings. The fraction of sp³-hybridized carbons (Fsp3) is 0.259. The first-order valence-corrected chi connectivity index (χ1v) is 13.1. The Morgan fingerprint density at radius 3 is 2.70 bits per heavy atom. The predicted octanol–water partition coefficient (Wildman–Crippen LogP) is 4.26. The van der Waals surface area contributed by atoms with E-state index in [0.29, 0.717) is 24.1 Å². The van der Waals surface area contributed by atoms with Crippen molar-refractivity contribution in [2.24, 2.45) is 0 Å². The molecule has 4 aromatic rings. The van der Waals surface area contributed by atoms with Gasteiger partial charge in [-0.25, -0.2) is 0 Å². The van der Waals surface area contributed by atoms with E-state index in [9.17, 15) is 9.59 Å². The van der Waals surface area contributed by atoms with Gasteiger partial charge < -0.3 is 19.4 Å². The van der Waals surface area contributed by atoms with Gasteiger partial charge in [0.15, 0.2) is 16.7 Å². The molecule has 0 spiro atoms. The van der Waals surface area contributed by atoms with Crippen LogP contribution in [0.4, 0.5) is 5.69 Å². The van der Waals surface area contributed by atoms with Gasteiger partial charge in [-0.15, -0.1) is 10.2 Å². The lowest BCUT2D eigenvalue weighted by Gasteiger charge is -2.29. The molecule has 5 rings (SSSR count). The molecule has 9 nitrogen and oxygen atoms in total. The average Bonchev–Trinajstić information content (AvgIpc) is 3.61. The van der Waals surface area contributed by atoms with Gasteiger partial charge in [0.25, 0.3) is 5.91 Å². The van der Waals surface area contributed by atoms with Gasteiger partial charge in [-0.2, -0.15) is 0 Å². The molecule has 1 N–H and O–H groups in total. The van der Waals surface area contributed by atoms with Crippen molar-refractivity contribution in [1.29, 1.82) is 0 Å². The van der Waals surface area contributed by atoms with Gasteiger partial charge in [-0.1, -0.05) is 30.0 Å². The van der Waals surface area contributed by atoms with Crippen LogP contribution in [-0.4, -0.2) is 45.5 Å². The number of aromatic nitrogens is 3. The number of nitrogens with one attached hydrogen (secondary N) is 1. The van der Waals surface area contributed by atoms with Crippen LogP contribution in [0.25, 0.3) is 5.69 Å². The molecule has 37 heavy (non-hydrogen) atoms. The molecular weight excluding hydrogens is 490 g/mol. The third kappa shape index (κ3) is 5.54. The Morgan fingerprint density at radius 1 is 1.08 bits per heavy atom. The molecule has 3 heterocycles. The number of rotatable bonds is 9. The number of carbonyl (C=O) groups excluding carboxylic acids is 2. The van der Waals surface area contributed by atoms with Gasteiger partial charge in [0.1, 0.15) is 5.75 Å². The molecule has 2 aromatic heterocycles. The summed E-state index contributed by atoms with van der Waals surface area (Å²) in [6.45, 7) is 3.33. The van der Waals surface area contributed by atoms with Crippen LogP contribution >= 0.6 is 11.8 Å². The monoisotopic (exact) mass is 517 g/mol. The maximum Gasteiger partial charge on any atom is 0.287 e. The molecule has 0 aliphatic carbocycles. The first-order valence-electron chi connectivity index (χ1n) is 12.1. The first kappa shape index (κ1) is 24.6. The summed E-state index contributed by atoms with van der Waals surface area (Å²) in [7, 11) is 0. The minimum atomic E-state index is -0.348. The second-order valence-corrected chi connectivity index (χ2v) is 9.33. The molecule has 0 bridgehead atoms. The smallest absolute Gasteiger partial charge is 0.287 e. The molecule has 0 saturated carbocycles. The van der Waals surface area contributed by atoms with E-state index in [1.807, 2.05) is 58.9 Å². The highest BCUT2D eigenvalue weighted by atomic mass is 32.2. The zero-order chi connectivity index (χ0) is 25.6. The lowest BCUT2D eigenvalue weighted by Crippen LogP contribution is -2.36. The topological polar surface area (TPSA) is 102 Å². The number of furan rings is 1. The summed E-state index contributed by atoms with van der Waals surface area (Å²) >= 11 is 1.32. The maximum atomic E-state index is 13.2.